The normalized spacial score (nSPS) is 24.6. The van der Waals surface area contributed by atoms with E-state index in [-0.39, 0.29) is 0 Å². The summed E-state index contributed by atoms with van der Waals surface area (Å²) in [6.45, 7) is 4.92. The predicted molar refractivity (Wildman–Crippen MR) is 40.4 cm³/mol. The fourth-order valence-electron chi connectivity index (χ4n) is 1.29. The Hall–Kier alpha value is -0.120. The third-order valence-corrected chi connectivity index (χ3v) is 2.23. The first-order valence-electron chi connectivity index (χ1n) is 3.78. The summed E-state index contributed by atoms with van der Waals surface area (Å²) < 4.78 is 5.24. The van der Waals surface area contributed by atoms with Gasteiger partial charge in [0.05, 0.1) is 0 Å². The SMILES string of the molecule is CC1(CNN)CCOCC1. The molecule has 0 aromatic rings. The van der Waals surface area contributed by atoms with Gasteiger partial charge in [-0.1, -0.05) is 6.92 Å². The smallest absolute Gasteiger partial charge is 0.0471 e. The van der Waals surface area contributed by atoms with Crippen LogP contribution in [0.5, 0.6) is 0 Å². The lowest BCUT2D eigenvalue weighted by atomic mass is 9.83. The molecule has 3 heteroatoms. The largest absolute Gasteiger partial charge is 0.381 e. The van der Waals surface area contributed by atoms with Gasteiger partial charge in [-0.2, -0.15) is 0 Å². The van der Waals surface area contributed by atoms with Crippen LogP contribution in [0.2, 0.25) is 0 Å². The van der Waals surface area contributed by atoms with E-state index in [1.165, 1.54) is 0 Å². The van der Waals surface area contributed by atoms with Crippen molar-refractivity contribution in [2.45, 2.75) is 19.8 Å². The zero-order chi connectivity index (χ0) is 7.45. The molecule has 0 atom stereocenters. The van der Waals surface area contributed by atoms with Crippen LogP contribution in [0, 0.1) is 5.41 Å². The lowest BCUT2D eigenvalue weighted by Crippen LogP contribution is -2.39. The van der Waals surface area contributed by atoms with E-state index in [0.29, 0.717) is 5.41 Å². The first kappa shape index (κ1) is 7.98. The summed E-state index contributed by atoms with van der Waals surface area (Å²) in [7, 11) is 0. The minimum absolute atomic E-state index is 0.368. The first-order chi connectivity index (χ1) is 4.77. The third kappa shape index (κ3) is 1.94. The van der Waals surface area contributed by atoms with Crippen molar-refractivity contribution >= 4 is 0 Å². The summed E-state index contributed by atoms with van der Waals surface area (Å²) in [6, 6.07) is 0. The minimum atomic E-state index is 0.368. The Balaban J connectivity index is 2.32. The van der Waals surface area contributed by atoms with Gasteiger partial charge in [-0.15, -0.1) is 0 Å². The molecular weight excluding hydrogens is 128 g/mol. The zero-order valence-electron chi connectivity index (χ0n) is 6.52. The molecule has 1 heterocycles. The molecule has 3 N–H and O–H groups in total. The summed E-state index contributed by atoms with van der Waals surface area (Å²) in [4.78, 5) is 0. The average Bonchev–Trinajstić information content (AvgIpc) is 1.89. The van der Waals surface area contributed by atoms with Crippen LogP contribution in [0.3, 0.4) is 0 Å². The van der Waals surface area contributed by atoms with Gasteiger partial charge in [-0.05, 0) is 18.3 Å². The molecular formula is C7H16N2O. The van der Waals surface area contributed by atoms with Crippen molar-refractivity contribution in [1.82, 2.24) is 5.43 Å². The van der Waals surface area contributed by atoms with Gasteiger partial charge in [0.25, 0.3) is 0 Å². The molecule has 3 nitrogen and oxygen atoms in total. The standard InChI is InChI=1S/C7H16N2O/c1-7(6-9-8)2-4-10-5-3-7/h9H,2-6,8H2,1H3. The monoisotopic (exact) mass is 144 g/mol. The molecule has 0 radical (unpaired) electrons. The van der Waals surface area contributed by atoms with Crippen molar-refractivity contribution in [2.75, 3.05) is 19.8 Å². The molecule has 0 bridgehead atoms. The van der Waals surface area contributed by atoms with Gasteiger partial charge in [0.15, 0.2) is 0 Å². The summed E-state index contributed by atoms with van der Waals surface area (Å²) in [6.07, 6.45) is 2.24. The number of rotatable bonds is 2. The molecule has 1 saturated heterocycles. The number of ether oxygens (including phenoxy) is 1. The van der Waals surface area contributed by atoms with Crippen molar-refractivity contribution in [3.05, 3.63) is 0 Å². The van der Waals surface area contributed by atoms with Crippen LogP contribution in [0.1, 0.15) is 19.8 Å². The van der Waals surface area contributed by atoms with Gasteiger partial charge in [0.2, 0.25) is 0 Å². The van der Waals surface area contributed by atoms with Crippen LogP contribution < -0.4 is 11.3 Å². The van der Waals surface area contributed by atoms with E-state index in [0.717, 1.165) is 32.6 Å². The van der Waals surface area contributed by atoms with E-state index in [9.17, 15) is 0 Å². The molecule has 10 heavy (non-hydrogen) atoms. The third-order valence-electron chi connectivity index (χ3n) is 2.23. The maximum atomic E-state index is 5.25. The molecule has 0 unspecified atom stereocenters. The van der Waals surface area contributed by atoms with Gasteiger partial charge in [0.1, 0.15) is 0 Å². The van der Waals surface area contributed by atoms with Crippen molar-refractivity contribution in [3.8, 4) is 0 Å². The van der Waals surface area contributed by atoms with E-state index >= 15 is 0 Å². The van der Waals surface area contributed by atoms with Crippen molar-refractivity contribution in [2.24, 2.45) is 11.3 Å². The highest BCUT2D eigenvalue weighted by atomic mass is 16.5. The second-order valence-corrected chi connectivity index (χ2v) is 3.30. The molecule has 0 amide bonds. The first-order valence-corrected chi connectivity index (χ1v) is 3.78. The quantitative estimate of drug-likeness (QED) is 0.432. The molecule has 0 saturated carbocycles. The Morgan fingerprint density at radius 1 is 1.50 bits per heavy atom. The van der Waals surface area contributed by atoms with E-state index < -0.39 is 0 Å². The average molecular weight is 144 g/mol. The Bertz CT molecular complexity index is 94.3. The Morgan fingerprint density at radius 2 is 2.10 bits per heavy atom. The lowest BCUT2D eigenvalue weighted by molar-refractivity contribution is 0.0242. The zero-order valence-corrected chi connectivity index (χ0v) is 6.52. The maximum absolute atomic E-state index is 5.25. The molecule has 1 aliphatic rings. The van der Waals surface area contributed by atoms with Crippen molar-refractivity contribution in [1.29, 1.82) is 0 Å². The number of nitrogens with two attached hydrogens (primary N) is 1. The highest BCUT2D eigenvalue weighted by molar-refractivity contribution is 4.78. The topological polar surface area (TPSA) is 47.3 Å². The molecule has 0 aliphatic carbocycles. The van der Waals surface area contributed by atoms with Gasteiger partial charge < -0.3 is 4.74 Å². The Morgan fingerprint density at radius 3 is 2.60 bits per heavy atom. The summed E-state index contributed by atoms with van der Waals surface area (Å²) >= 11 is 0. The molecule has 1 fully saturated rings. The van der Waals surface area contributed by atoms with E-state index in [2.05, 4.69) is 12.3 Å². The predicted octanol–water partition coefficient (Wildman–Crippen LogP) is 0.266. The highest BCUT2D eigenvalue weighted by Gasteiger charge is 2.26. The highest BCUT2D eigenvalue weighted by Crippen LogP contribution is 2.28. The molecule has 0 aromatic heterocycles. The van der Waals surface area contributed by atoms with Crippen molar-refractivity contribution in [3.63, 3.8) is 0 Å². The van der Waals surface area contributed by atoms with Crippen LogP contribution >= 0.6 is 0 Å². The second-order valence-electron chi connectivity index (χ2n) is 3.30. The number of hydrazine groups is 1. The van der Waals surface area contributed by atoms with Gasteiger partial charge in [-0.25, -0.2) is 0 Å². The lowest BCUT2D eigenvalue weighted by Gasteiger charge is -2.32. The van der Waals surface area contributed by atoms with Crippen LogP contribution in [-0.2, 0) is 4.74 Å². The molecule has 60 valence electrons. The fourth-order valence-corrected chi connectivity index (χ4v) is 1.29. The van der Waals surface area contributed by atoms with Crippen LogP contribution in [0.15, 0.2) is 0 Å². The van der Waals surface area contributed by atoms with Crippen LogP contribution in [0.25, 0.3) is 0 Å². The van der Waals surface area contributed by atoms with E-state index in [1.54, 1.807) is 0 Å². The van der Waals surface area contributed by atoms with Crippen LogP contribution in [0.4, 0.5) is 0 Å². The van der Waals surface area contributed by atoms with E-state index in [1.807, 2.05) is 0 Å². The molecule has 0 aromatic carbocycles. The number of nitrogens with one attached hydrogen (secondary N) is 1. The van der Waals surface area contributed by atoms with E-state index in [4.69, 9.17) is 10.6 Å². The van der Waals surface area contributed by atoms with Gasteiger partial charge in [0, 0.05) is 19.8 Å². The Labute approximate surface area is 61.9 Å². The summed E-state index contributed by atoms with van der Waals surface area (Å²) in [5.41, 5.74) is 3.09. The summed E-state index contributed by atoms with van der Waals surface area (Å²) in [5, 5.41) is 0. The number of hydrogen-bond donors (Lipinski definition) is 2. The van der Waals surface area contributed by atoms with Crippen molar-refractivity contribution < 1.29 is 4.74 Å². The molecule has 1 aliphatic heterocycles. The number of hydrogen-bond acceptors (Lipinski definition) is 3. The molecule has 1 rings (SSSR count). The maximum Gasteiger partial charge on any atom is 0.0471 e. The fraction of sp³-hybridized carbons (Fsp3) is 1.00. The van der Waals surface area contributed by atoms with Gasteiger partial charge in [-0.3, -0.25) is 11.3 Å². The minimum Gasteiger partial charge on any atom is -0.381 e. The summed E-state index contributed by atoms with van der Waals surface area (Å²) in [5.74, 6) is 5.25. The van der Waals surface area contributed by atoms with Gasteiger partial charge >= 0.3 is 0 Å². The Kier molecular flexibility index (Phi) is 2.65. The molecule has 0 spiro atoms. The van der Waals surface area contributed by atoms with Crippen LogP contribution in [-0.4, -0.2) is 19.8 Å². The second kappa shape index (κ2) is 3.32.